The highest BCUT2D eigenvalue weighted by Gasteiger charge is 2.20. The third-order valence-electron chi connectivity index (χ3n) is 4.32. The number of nitrogens with zero attached hydrogens (tertiary/aromatic N) is 1. The maximum absolute atomic E-state index is 12.5. The number of hydrogen-bond acceptors (Lipinski definition) is 3. The van der Waals surface area contributed by atoms with Crippen molar-refractivity contribution in [3.63, 3.8) is 0 Å². The highest BCUT2D eigenvalue weighted by molar-refractivity contribution is 7.88. The number of nitrogens with one attached hydrogen (secondary N) is 2. The van der Waals surface area contributed by atoms with Gasteiger partial charge in [-0.05, 0) is 37.5 Å². The first kappa shape index (κ1) is 18.8. The average Bonchev–Trinajstić information content (AvgIpc) is 2.61. The predicted octanol–water partition coefficient (Wildman–Crippen LogP) is 3.66. The summed E-state index contributed by atoms with van der Waals surface area (Å²) >= 11 is 0. The normalized spacial score (nSPS) is 15.7. The van der Waals surface area contributed by atoms with Crippen molar-refractivity contribution in [3.05, 3.63) is 65.9 Å². The van der Waals surface area contributed by atoms with Gasteiger partial charge in [-0.3, -0.25) is 9.52 Å². The van der Waals surface area contributed by atoms with Crippen LogP contribution in [0.1, 0.15) is 26.7 Å². The lowest BCUT2D eigenvalue weighted by Gasteiger charge is -2.18. The molecule has 2 N–H and O–H groups in total. The Hall–Kier alpha value is -2.93. The summed E-state index contributed by atoms with van der Waals surface area (Å²) in [6.45, 7) is 3.31. The van der Waals surface area contributed by atoms with Gasteiger partial charge in [0, 0.05) is 23.4 Å². The molecule has 1 aliphatic heterocycles. The number of allylic oxidation sites excluding steroid dienone is 2. The molecule has 1 aliphatic rings. The van der Waals surface area contributed by atoms with Crippen LogP contribution in [-0.2, 0) is 15.0 Å². The van der Waals surface area contributed by atoms with Gasteiger partial charge in [-0.2, -0.15) is 8.42 Å². The highest BCUT2D eigenvalue weighted by Crippen LogP contribution is 2.28. The van der Waals surface area contributed by atoms with E-state index in [1.807, 2.05) is 54.6 Å². The molecule has 0 unspecified atom stereocenters. The molecule has 27 heavy (non-hydrogen) atoms. The second kappa shape index (κ2) is 7.75. The molecule has 2 aromatic carbocycles. The van der Waals surface area contributed by atoms with Gasteiger partial charge in [-0.15, -0.1) is 4.40 Å². The van der Waals surface area contributed by atoms with E-state index in [1.165, 1.54) is 0 Å². The van der Waals surface area contributed by atoms with E-state index in [0.717, 1.165) is 22.4 Å². The van der Waals surface area contributed by atoms with Gasteiger partial charge in [0.2, 0.25) is 5.91 Å². The van der Waals surface area contributed by atoms with Crippen molar-refractivity contribution < 1.29 is 13.2 Å². The molecule has 0 bridgehead atoms. The quantitative estimate of drug-likeness (QED) is 0.826. The Balaban J connectivity index is 1.71. The smallest absolute Gasteiger partial charge is 0.326 e. The molecule has 0 aromatic heterocycles. The first-order valence-corrected chi connectivity index (χ1v) is 10.0. The number of carbonyl (C=O) groups is 1. The number of rotatable bonds is 5. The number of para-hydroxylation sites is 1. The second-order valence-corrected chi connectivity index (χ2v) is 7.65. The third kappa shape index (κ3) is 4.62. The molecule has 7 heteroatoms. The van der Waals surface area contributed by atoms with Crippen molar-refractivity contribution >= 4 is 27.5 Å². The third-order valence-corrected chi connectivity index (χ3v) is 5.39. The molecule has 0 spiro atoms. The fraction of sp³-hybridized carbons (Fsp3) is 0.200. The van der Waals surface area contributed by atoms with E-state index < -0.39 is 10.2 Å². The molecular weight excluding hydrogens is 362 g/mol. The summed E-state index contributed by atoms with van der Waals surface area (Å²) in [7, 11) is -3.66. The van der Waals surface area contributed by atoms with Gasteiger partial charge in [-0.1, -0.05) is 48.5 Å². The minimum Gasteiger partial charge on any atom is -0.326 e. The zero-order valence-electron chi connectivity index (χ0n) is 15.2. The fourth-order valence-corrected chi connectivity index (χ4v) is 4.09. The summed E-state index contributed by atoms with van der Waals surface area (Å²) in [4.78, 5) is 12.5. The average molecular weight is 383 g/mol. The lowest BCUT2D eigenvalue weighted by molar-refractivity contribution is -0.116. The van der Waals surface area contributed by atoms with Crippen LogP contribution in [0.15, 0.2) is 70.3 Å². The Morgan fingerprint density at radius 2 is 1.70 bits per heavy atom. The van der Waals surface area contributed by atoms with Crippen molar-refractivity contribution in [1.82, 2.24) is 4.72 Å². The van der Waals surface area contributed by atoms with E-state index >= 15 is 0 Å². The summed E-state index contributed by atoms with van der Waals surface area (Å²) in [5.74, 6) is -0.139. The molecule has 1 heterocycles. The maximum Gasteiger partial charge on any atom is 0.342 e. The zero-order chi connectivity index (χ0) is 19.4. The Labute approximate surface area is 159 Å². The van der Waals surface area contributed by atoms with Crippen LogP contribution < -0.4 is 10.0 Å². The van der Waals surface area contributed by atoms with Gasteiger partial charge in [0.1, 0.15) is 0 Å². The monoisotopic (exact) mass is 383 g/mol. The van der Waals surface area contributed by atoms with Gasteiger partial charge in [0.05, 0.1) is 5.71 Å². The van der Waals surface area contributed by atoms with Crippen LogP contribution in [0, 0.1) is 0 Å². The topological polar surface area (TPSA) is 87.6 Å². The van der Waals surface area contributed by atoms with Gasteiger partial charge in [-0.25, -0.2) is 0 Å². The number of carbonyl (C=O) groups excluding carboxylic acids is 1. The lowest BCUT2D eigenvalue weighted by Crippen LogP contribution is -2.28. The minimum atomic E-state index is -3.66. The molecule has 0 fully saturated rings. The van der Waals surface area contributed by atoms with Crippen LogP contribution in [0.3, 0.4) is 0 Å². The van der Waals surface area contributed by atoms with Gasteiger partial charge >= 0.3 is 10.2 Å². The zero-order valence-corrected chi connectivity index (χ0v) is 16.0. The van der Waals surface area contributed by atoms with E-state index in [4.69, 9.17) is 0 Å². The lowest BCUT2D eigenvalue weighted by atomic mass is 10.0. The molecule has 0 atom stereocenters. The Morgan fingerprint density at radius 1 is 1.04 bits per heavy atom. The predicted molar refractivity (Wildman–Crippen MR) is 108 cm³/mol. The van der Waals surface area contributed by atoms with E-state index in [2.05, 4.69) is 14.4 Å². The largest absolute Gasteiger partial charge is 0.342 e. The summed E-state index contributed by atoms with van der Waals surface area (Å²) in [6.07, 6.45) is 0.632. The van der Waals surface area contributed by atoms with E-state index in [9.17, 15) is 13.2 Å². The minimum absolute atomic E-state index is 0.139. The van der Waals surface area contributed by atoms with E-state index in [-0.39, 0.29) is 12.3 Å². The van der Waals surface area contributed by atoms with Crippen LogP contribution in [0.5, 0.6) is 0 Å². The Morgan fingerprint density at radius 3 is 2.41 bits per heavy atom. The first-order valence-electron chi connectivity index (χ1n) is 8.59. The first-order chi connectivity index (χ1) is 12.9. The Kier molecular flexibility index (Phi) is 5.41. The molecular formula is C20H21N3O3S. The number of benzene rings is 2. The summed E-state index contributed by atoms with van der Waals surface area (Å²) in [5, 5.41) is 2.95. The molecule has 0 saturated carbocycles. The number of hydrogen-bond donors (Lipinski definition) is 2. The molecule has 3 rings (SSSR count). The van der Waals surface area contributed by atoms with Crippen LogP contribution in [-0.4, -0.2) is 20.0 Å². The van der Waals surface area contributed by atoms with E-state index in [0.29, 0.717) is 17.8 Å². The van der Waals surface area contributed by atoms with Crippen molar-refractivity contribution in [1.29, 1.82) is 0 Å². The van der Waals surface area contributed by atoms with Gasteiger partial charge < -0.3 is 5.32 Å². The Bertz CT molecular complexity index is 1030. The van der Waals surface area contributed by atoms with Crippen LogP contribution in [0.4, 0.5) is 5.69 Å². The molecule has 0 aliphatic carbocycles. The van der Waals surface area contributed by atoms with Crippen LogP contribution >= 0.6 is 0 Å². The van der Waals surface area contributed by atoms with Crippen LogP contribution in [0.25, 0.3) is 11.1 Å². The molecule has 6 nitrogen and oxygen atoms in total. The molecule has 140 valence electrons. The maximum atomic E-state index is 12.5. The van der Waals surface area contributed by atoms with Crippen molar-refractivity contribution in [2.45, 2.75) is 26.7 Å². The molecule has 0 radical (unpaired) electrons. The number of amides is 1. The van der Waals surface area contributed by atoms with Gasteiger partial charge in [0.15, 0.2) is 0 Å². The summed E-state index contributed by atoms with van der Waals surface area (Å²) in [6, 6.07) is 17.5. The molecule has 0 saturated heterocycles. The second-order valence-electron chi connectivity index (χ2n) is 6.32. The standard InChI is InChI=1S/C20H21N3O3S/c1-14-17(15(2)23-27(25,26)22-14)12-13-20(24)21-19-11-7-6-10-18(19)16-8-4-3-5-9-16/h3-11,22H,12-13H2,1-2H3,(H,21,24). The summed E-state index contributed by atoms with van der Waals surface area (Å²) < 4.78 is 29.1. The SMILES string of the molecule is CC1=NS(=O)(=O)NC(C)=C1CCC(=O)Nc1ccccc1-c1ccccc1. The highest BCUT2D eigenvalue weighted by atomic mass is 32.2. The van der Waals surface area contributed by atoms with Crippen molar-refractivity contribution in [2.24, 2.45) is 4.40 Å². The van der Waals surface area contributed by atoms with E-state index in [1.54, 1.807) is 13.8 Å². The van der Waals surface area contributed by atoms with Crippen LogP contribution in [0.2, 0.25) is 0 Å². The number of anilines is 1. The fourth-order valence-electron chi connectivity index (χ4n) is 3.07. The molecule has 1 amide bonds. The van der Waals surface area contributed by atoms with Crippen molar-refractivity contribution in [2.75, 3.05) is 5.32 Å². The summed E-state index contributed by atoms with van der Waals surface area (Å²) in [5.41, 5.74) is 4.40. The van der Waals surface area contributed by atoms with Crippen molar-refractivity contribution in [3.8, 4) is 11.1 Å². The van der Waals surface area contributed by atoms with Gasteiger partial charge in [0.25, 0.3) is 0 Å². The molecule has 2 aromatic rings.